The molecule has 0 aliphatic heterocycles. The van der Waals surface area contributed by atoms with E-state index in [1.165, 1.54) is 11.8 Å². The van der Waals surface area contributed by atoms with E-state index < -0.39 is 6.10 Å². The van der Waals surface area contributed by atoms with Crippen molar-refractivity contribution >= 4 is 17.7 Å². The van der Waals surface area contributed by atoms with Crippen LogP contribution in [0.3, 0.4) is 0 Å². The van der Waals surface area contributed by atoms with Crippen molar-refractivity contribution in [3.63, 3.8) is 0 Å². The van der Waals surface area contributed by atoms with Gasteiger partial charge in [0, 0.05) is 4.90 Å². The number of aliphatic hydroxyl groups excluding tert-OH is 1. The van der Waals surface area contributed by atoms with E-state index in [0.717, 1.165) is 10.5 Å². The molecule has 0 aliphatic carbocycles. The van der Waals surface area contributed by atoms with Crippen LogP contribution in [0.5, 0.6) is 0 Å². The highest BCUT2D eigenvalue weighted by molar-refractivity contribution is 8.00. The molecule has 0 fully saturated rings. The molecule has 0 radical (unpaired) electrons. The first-order valence-corrected chi connectivity index (χ1v) is 6.72. The summed E-state index contributed by atoms with van der Waals surface area (Å²) in [5, 5.41) is 9.63. The Hall–Kier alpha value is -1.00. The van der Waals surface area contributed by atoms with Gasteiger partial charge in [0.25, 0.3) is 0 Å². The lowest BCUT2D eigenvalue weighted by Crippen LogP contribution is -2.06. The van der Waals surface area contributed by atoms with Gasteiger partial charge in [-0.05, 0) is 31.0 Å². The molecule has 0 heterocycles. The van der Waals surface area contributed by atoms with Crippen LogP contribution in [0.2, 0.25) is 0 Å². The lowest BCUT2D eigenvalue weighted by atomic mass is 10.1. The number of ether oxygens (including phenoxy) is 1. The summed E-state index contributed by atoms with van der Waals surface area (Å²) < 4.78 is 4.84. The van der Waals surface area contributed by atoms with Crippen LogP contribution in [0.15, 0.2) is 29.2 Å². The van der Waals surface area contributed by atoms with E-state index in [9.17, 15) is 9.90 Å². The molecular weight excluding hydrogens is 236 g/mol. The molecule has 1 N–H and O–H groups in total. The van der Waals surface area contributed by atoms with Crippen LogP contribution in [0.1, 0.15) is 31.9 Å². The van der Waals surface area contributed by atoms with Gasteiger partial charge in [0.15, 0.2) is 0 Å². The van der Waals surface area contributed by atoms with E-state index >= 15 is 0 Å². The summed E-state index contributed by atoms with van der Waals surface area (Å²) in [5.74, 6) is 0.124. The number of carbonyl (C=O) groups excluding carboxylic acids is 1. The highest BCUT2D eigenvalue weighted by Gasteiger charge is 2.06. The normalized spacial score (nSPS) is 12.2. The van der Waals surface area contributed by atoms with Crippen molar-refractivity contribution in [2.75, 3.05) is 12.4 Å². The van der Waals surface area contributed by atoms with E-state index in [1.54, 1.807) is 6.92 Å². The minimum Gasteiger partial charge on any atom is -0.465 e. The third kappa shape index (κ3) is 4.79. The number of hydrogen-bond donors (Lipinski definition) is 1. The van der Waals surface area contributed by atoms with Gasteiger partial charge in [-0.1, -0.05) is 19.1 Å². The number of rotatable bonds is 6. The largest absolute Gasteiger partial charge is 0.465 e. The van der Waals surface area contributed by atoms with E-state index in [4.69, 9.17) is 4.74 Å². The molecule has 0 aliphatic rings. The third-order valence-corrected chi connectivity index (χ3v) is 3.30. The van der Waals surface area contributed by atoms with Crippen LogP contribution in [0.25, 0.3) is 0 Å². The van der Waals surface area contributed by atoms with Crippen LogP contribution in [-0.4, -0.2) is 23.4 Å². The number of carbonyl (C=O) groups is 1. The number of hydrogen-bond acceptors (Lipinski definition) is 4. The highest BCUT2D eigenvalue weighted by Crippen LogP contribution is 2.22. The zero-order chi connectivity index (χ0) is 12.7. The molecule has 4 heteroatoms. The van der Waals surface area contributed by atoms with Crippen LogP contribution in [-0.2, 0) is 9.53 Å². The van der Waals surface area contributed by atoms with Crippen molar-refractivity contribution in [3.05, 3.63) is 29.8 Å². The first-order valence-electron chi connectivity index (χ1n) is 5.73. The van der Waals surface area contributed by atoms with Crippen molar-refractivity contribution in [2.24, 2.45) is 0 Å². The quantitative estimate of drug-likeness (QED) is 0.626. The molecule has 0 spiro atoms. The van der Waals surface area contributed by atoms with Gasteiger partial charge in [-0.3, -0.25) is 4.79 Å². The summed E-state index contributed by atoms with van der Waals surface area (Å²) in [4.78, 5) is 12.2. The number of thioether (sulfide) groups is 1. The summed E-state index contributed by atoms with van der Waals surface area (Å²) >= 11 is 1.44. The topological polar surface area (TPSA) is 46.5 Å². The molecule has 0 amide bonds. The van der Waals surface area contributed by atoms with E-state index in [2.05, 4.69) is 0 Å². The Morgan fingerprint density at radius 1 is 1.35 bits per heavy atom. The molecule has 0 aromatic heterocycles. The summed E-state index contributed by atoms with van der Waals surface area (Å²) in [7, 11) is 0. The van der Waals surface area contributed by atoms with E-state index in [1.807, 2.05) is 31.2 Å². The second kappa shape index (κ2) is 7.35. The number of benzene rings is 1. The smallest absolute Gasteiger partial charge is 0.316 e. The third-order valence-electron chi connectivity index (χ3n) is 2.31. The predicted octanol–water partition coefficient (Wildman–Crippen LogP) is 2.79. The zero-order valence-electron chi connectivity index (χ0n) is 10.2. The standard InChI is InChI=1S/C13H18O3S/c1-3-12(14)10-5-7-11(8-6-10)17-9-13(15)16-4-2/h5-8,12,14H,3-4,9H2,1-2H3/t12-/m1/s1. The average Bonchev–Trinajstić information content (AvgIpc) is 2.36. The molecule has 1 aromatic rings. The summed E-state index contributed by atoms with van der Waals surface area (Å²) in [6.07, 6.45) is 0.300. The van der Waals surface area contributed by atoms with Crippen molar-refractivity contribution in [1.82, 2.24) is 0 Å². The van der Waals surface area contributed by atoms with Crippen molar-refractivity contribution in [1.29, 1.82) is 0 Å². The van der Waals surface area contributed by atoms with Gasteiger partial charge in [-0.15, -0.1) is 11.8 Å². The summed E-state index contributed by atoms with van der Waals surface area (Å²) in [6, 6.07) is 7.61. The maximum Gasteiger partial charge on any atom is 0.316 e. The SMILES string of the molecule is CCOC(=O)CSc1ccc([C@H](O)CC)cc1. The molecule has 0 unspecified atom stereocenters. The number of esters is 1. The fraction of sp³-hybridized carbons (Fsp3) is 0.462. The predicted molar refractivity (Wildman–Crippen MR) is 69.0 cm³/mol. The van der Waals surface area contributed by atoms with Gasteiger partial charge in [-0.2, -0.15) is 0 Å². The Morgan fingerprint density at radius 3 is 2.53 bits per heavy atom. The molecule has 3 nitrogen and oxygen atoms in total. The highest BCUT2D eigenvalue weighted by atomic mass is 32.2. The molecule has 1 rings (SSSR count). The lowest BCUT2D eigenvalue weighted by molar-refractivity contribution is -0.139. The maximum absolute atomic E-state index is 11.2. The number of aliphatic hydroxyl groups is 1. The first kappa shape index (κ1) is 14.1. The Bertz CT molecular complexity index is 348. The van der Waals surface area contributed by atoms with Gasteiger partial charge < -0.3 is 9.84 Å². The molecule has 0 saturated carbocycles. The second-order valence-corrected chi connectivity index (χ2v) is 4.64. The molecule has 0 bridgehead atoms. The zero-order valence-corrected chi connectivity index (χ0v) is 11.0. The van der Waals surface area contributed by atoms with E-state index in [0.29, 0.717) is 18.8 Å². The van der Waals surface area contributed by atoms with Crippen molar-refractivity contribution in [2.45, 2.75) is 31.3 Å². The first-order chi connectivity index (χ1) is 8.17. The monoisotopic (exact) mass is 254 g/mol. The Kier molecular flexibility index (Phi) is 6.08. The molecule has 17 heavy (non-hydrogen) atoms. The molecule has 1 atom stereocenters. The van der Waals surface area contributed by atoms with Gasteiger partial charge >= 0.3 is 5.97 Å². The Balaban J connectivity index is 2.48. The Labute approximate surface area is 106 Å². The van der Waals surface area contributed by atoms with Crippen LogP contribution in [0, 0.1) is 0 Å². The Morgan fingerprint density at radius 2 is 2.00 bits per heavy atom. The molecule has 0 saturated heterocycles. The summed E-state index contributed by atoms with van der Waals surface area (Å²) in [6.45, 7) is 4.15. The molecule has 94 valence electrons. The maximum atomic E-state index is 11.2. The minimum atomic E-state index is -0.404. The van der Waals surface area contributed by atoms with Crippen LogP contribution < -0.4 is 0 Å². The van der Waals surface area contributed by atoms with Gasteiger partial charge in [-0.25, -0.2) is 0 Å². The molecular formula is C13H18O3S. The second-order valence-electron chi connectivity index (χ2n) is 3.59. The van der Waals surface area contributed by atoms with Gasteiger partial charge in [0.05, 0.1) is 18.5 Å². The average molecular weight is 254 g/mol. The van der Waals surface area contributed by atoms with Gasteiger partial charge in [0.1, 0.15) is 0 Å². The van der Waals surface area contributed by atoms with Crippen molar-refractivity contribution in [3.8, 4) is 0 Å². The van der Waals surface area contributed by atoms with Gasteiger partial charge in [0.2, 0.25) is 0 Å². The van der Waals surface area contributed by atoms with E-state index in [-0.39, 0.29) is 5.97 Å². The fourth-order valence-corrected chi connectivity index (χ4v) is 2.06. The lowest BCUT2D eigenvalue weighted by Gasteiger charge is -2.08. The molecule has 1 aromatic carbocycles. The summed E-state index contributed by atoms with van der Waals surface area (Å²) in [5.41, 5.74) is 0.910. The van der Waals surface area contributed by atoms with Crippen LogP contribution >= 0.6 is 11.8 Å². The van der Waals surface area contributed by atoms with Crippen molar-refractivity contribution < 1.29 is 14.6 Å². The fourth-order valence-electron chi connectivity index (χ4n) is 1.37. The minimum absolute atomic E-state index is 0.199. The van der Waals surface area contributed by atoms with Crippen LogP contribution in [0.4, 0.5) is 0 Å².